The molecule has 0 radical (unpaired) electrons. The van der Waals surface area contributed by atoms with E-state index in [0.717, 1.165) is 0 Å². The van der Waals surface area contributed by atoms with Crippen molar-refractivity contribution in [1.29, 1.82) is 19.1 Å². The number of nitrogens with zero attached hydrogens (tertiary/aromatic N) is 20. The first-order chi connectivity index (χ1) is 60.1. The fraction of sp³-hybridized carbons (Fsp3) is 0.476. The van der Waals surface area contributed by atoms with Gasteiger partial charge < -0.3 is 59.8 Å². The maximum Gasteiger partial charge on any atom is 0.239 e. The van der Waals surface area contributed by atoms with Gasteiger partial charge in [0.25, 0.3) is 0 Å². The van der Waals surface area contributed by atoms with Crippen molar-refractivity contribution in [2.45, 2.75) is 126 Å². The molecule has 4 fully saturated rings. The van der Waals surface area contributed by atoms with Crippen LogP contribution >= 0.6 is 0 Å². The van der Waals surface area contributed by atoms with Crippen LogP contribution in [0.3, 0.4) is 0 Å². The van der Waals surface area contributed by atoms with Gasteiger partial charge in [-0.1, -0.05) is 0 Å². The Morgan fingerprint density at radius 1 is 0.320 bits per heavy atom. The number of halogens is 4. The summed E-state index contributed by atoms with van der Waals surface area (Å²) in [6, 6.07) is 24.9. The van der Waals surface area contributed by atoms with E-state index in [1.165, 1.54) is 73.6 Å². The Morgan fingerprint density at radius 3 is 0.766 bits per heavy atom. The summed E-state index contributed by atoms with van der Waals surface area (Å²) in [5.74, 6) is 3.97. The Bertz CT molecular complexity index is 6270. The standard InChI is InChI=1S/4C21H28FN7O2S/c2*1-13-12-31-9-8-28(13)18-11-17(21(2,3)32(5,23)30)26-20(27-18)29-16-7-6-14(22)10-15(16)25-19(29)24-4;2*1-13-12-31-9-8-28(13)18-11-17(21(2,3)32(5,23)30)26-20(27-18)29-16-10-14(22)6-7-15(16)25-19(29)24-4/h4*6-7,10-11,13,23H,8-9,12H2,1-5H3,(H,24,25)/t13-,32+;13-,32-;13-,32+;13-,32-/m1111/s1. The van der Waals surface area contributed by atoms with E-state index in [4.69, 9.17) is 77.9 Å². The Hall–Kier alpha value is -11.2. The smallest absolute Gasteiger partial charge is 0.239 e. The molecule has 0 saturated carbocycles. The molecule has 4 aliphatic heterocycles. The zero-order valence-electron chi connectivity index (χ0n) is 75.4. The molecule has 0 amide bonds. The normalized spacial score (nSPS) is 19.2. The molecular formula is C84H112F4N28O8S4. The highest BCUT2D eigenvalue weighted by molar-refractivity contribution is 7.93. The largest absolute Gasteiger partial charge is 0.377 e. The van der Waals surface area contributed by atoms with E-state index >= 15 is 0 Å². The molecule has 8 atom stereocenters. The van der Waals surface area contributed by atoms with Crippen LogP contribution < -0.4 is 40.9 Å². The van der Waals surface area contributed by atoms with E-state index in [-0.39, 0.29) is 47.7 Å². The molecular weight excluding hydrogens is 1730 g/mol. The van der Waals surface area contributed by atoms with Crippen LogP contribution in [0.2, 0.25) is 0 Å². The first-order valence-electron chi connectivity index (χ1n) is 41.4. The van der Waals surface area contributed by atoms with Crippen molar-refractivity contribution in [2.24, 2.45) is 0 Å². The highest BCUT2D eigenvalue weighted by Gasteiger charge is 2.40. The topological polar surface area (TPSA) is 436 Å². The molecule has 16 rings (SSSR count). The lowest BCUT2D eigenvalue weighted by Gasteiger charge is -2.35. The number of nitrogens with one attached hydrogen (secondary N) is 8. The quantitative estimate of drug-likeness (QED) is 0.0329. The lowest BCUT2D eigenvalue weighted by atomic mass is 10.1. The molecule has 36 nitrogen and oxygen atoms in total. The minimum absolute atomic E-state index is 0.0743. The van der Waals surface area contributed by atoms with Crippen LogP contribution in [0.4, 0.5) is 64.6 Å². The van der Waals surface area contributed by atoms with E-state index in [1.54, 1.807) is 150 Å². The Balaban J connectivity index is 0.000000146. The van der Waals surface area contributed by atoms with Gasteiger partial charge in [-0.3, -0.25) is 19.1 Å². The van der Waals surface area contributed by atoms with Crippen molar-refractivity contribution in [3.05, 3.63) is 143 Å². The number of imidazole rings is 4. The molecule has 4 saturated heterocycles. The van der Waals surface area contributed by atoms with Crippen LogP contribution in [0.5, 0.6) is 0 Å². The molecule has 8 aromatic heterocycles. The summed E-state index contributed by atoms with van der Waals surface area (Å²) >= 11 is 0. The zero-order chi connectivity index (χ0) is 93.0. The van der Waals surface area contributed by atoms with Gasteiger partial charge in [0.1, 0.15) is 46.5 Å². The third-order valence-electron chi connectivity index (χ3n) is 24.0. The number of hydrogen-bond donors (Lipinski definition) is 8. The Morgan fingerprint density at radius 2 is 0.539 bits per heavy atom. The van der Waals surface area contributed by atoms with E-state index in [1.807, 2.05) is 27.7 Å². The first kappa shape index (κ1) is 94.5. The molecule has 12 heterocycles. The summed E-state index contributed by atoms with van der Waals surface area (Å²) in [6.07, 6.45) is 5.65. The van der Waals surface area contributed by atoms with Gasteiger partial charge in [-0.15, -0.1) is 0 Å². The van der Waals surface area contributed by atoms with Crippen LogP contribution in [-0.2, 0) is 76.9 Å². The van der Waals surface area contributed by atoms with E-state index in [0.29, 0.717) is 205 Å². The molecule has 4 aliphatic rings. The molecule has 0 unspecified atom stereocenters. The predicted molar refractivity (Wildman–Crippen MR) is 494 cm³/mol. The lowest BCUT2D eigenvalue weighted by molar-refractivity contribution is 0.0984. The van der Waals surface area contributed by atoms with Gasteiger partial charge in [-0.05, 0) is 132 Å². The minimum atomic E-state index is -3.00. The molecule has 4 aromatic carbocycles. The molecule has 0 aliphatic carbocycles. The number of benzene rings is 4. The van der Waals surface area contributed by atoms with Crippen LogP contribution in [0.25, 0.3) is 67.9 Å². The number of hydrogen-bond acceptors (Lipinski definition) is 32. The third kappa shape index (κ3) is 18.9. The summed E-state index contributed by atoms with van der Waals surface area (Å²) in [6.45, 7) is 29.2. The van der Waals surface area contributed by atoms with Gasteiger partial charge in [0.15, 0.2) is 0 Å². The third-order valence-corrected chi connectivity index (χ3v) is 32.6. The number of fused-ring (bicyclic) bond motifs is 4. The van der Waals surface area contributed by atoms with Crippen molar-refractivity contribution in [1.82, 2.24) is 78.1 Å². The van der Waals surface area contributed by atoms with E-state index in [2.05, 4.69) is 60.8 Å². The maximum absolute atomic E-state index is 14.1. The lowest BCUT2D eigenvalue weighted by Crippen LogP contribution is -2.44. The average Bonchev–Trinajstić information content (AvgIpc) is 1.12. The van der Waals surface area contributed by atoms with Crippen LogP contribution in [-0.4, -0.2) is 251 Å². The highest BCUT2D eigenvalue weighted by atomic mass is 32.2. The maximum atomic E-state index is 14.1. The zero-order valence-corrected chi connectivity index (χ0v) is 78.7. The first-order valence-corrected chi connectivity index (χ1v) is 49.3. The number of rotatable bonds is 20. The minimum Gasteiger partial charge on any atom is -0.377 e. The number of ether oxygens (including phenoxy) is 4. The molecule has 688 valence electrons. The molecule has 44 heteroatoms. The molecule has 0 bridgehead atoms. The summed E-state index contributed by atoms with van der Waals surface area (Å²) in [5.41, 5.74) is 6.31. The van der Waals surface area contributed by atoms with E-state index < -0.39 is 69.5 Å². The summed E-state index contributed by atoms with van der Waals surface area (Å²) in [4.78, 5) is 64.6. The molecule has 12 aromatic rings. The van der Waals surface area contributed by atoms with E-state index in [9.17, 15) is 34.4 Å². The second-order valence-electron chi connectivity index (χ2n) is 34.1. The SMILES string of the molecule is CNc1nc2cc(F)ccc2n1-c1nc(N2CCOC[C@H]2C)cc(C(C)(C)[S@@](C)(=N)=O)n1.CNc1nc2cc(F)ccc2n1-c1nc(N2CCOC[C@H]2C)cc(C(C)(C)[S@](C)(=N)=O)n1.CNc1nc2ccc(F)cc2n1-c1nc(N2CCOC[C@H]2C)cc(C(C)(C)[S@@](C)(=N)=O)n1.CNc1nc2ccc(F)cc2n1-c1nc(N2CCOC[C@H]2C)cc(C(C)(C)[S@](C)(=N)=O)n1. The second-order valence-corrected chi connectivity index (χ2v) is 45.0. The van der Waals surface area contributed by atoms with Crippen LogP contribution in [0.15, 0.2) is 97.1 Å². The van der Waals surface area contributed by atoms with Gasteiger partial charge >= 0.3 is 0 Å². The van der Waals surface area contributed by atoms with Gasteiger partial charge in [0.05, 0.1) is 202 Å². The fourth-order valence-corrected chi connectivity index (χ4v) is 16.7. The van der Waals surface area contributed by atoms with Gasteiger partial charge in [-0.25, -0.2) is 92.5 Å². The Labute approximate surface area is 742 Å². The van der Waals surface area contributed by atoms with Gasteiger partial charge in [0.2, 0.25) is 47.6 Å². The number of aromatic nitrogens is 16. The number of morpholine rings is 4. The van der Waals surface area contributed by atoms with Crippen LogP contribution in [0.1, 0.15) is 106 Å². The highest BCUT2D eigenvalue weighted by Crippen LogP contribution is 2.40. The van der Waals surface area contributed by atoms with Crippen molar-refractivity contribution in [2.75, 3.05) is 173 Å². The molecule has 128 heavy (non-hydrogen) atoms. The van der Waals surface area contributed by atoms with Gasteiger partial charge in [0, 0.05) is 128 Å². The summed E-state index contributed by atoms with van der Waals surface area (Å²) in [7, 11) is -5.11. The summed E-state index contributed by atoms with van der Waals surface area (Å²) in [5, 5.41) is 12.1. The molecule has 8 N–H and O–H groups in total. The monoisotopic (exact) mass is 1840 g/mol. The van der Waals surface area contributed by atoms with Crippen molar-refractivity contribution in [3.8, 4) is 23.8 Å². The second kappa shape index (κ2) is 36.4. The average molecular weight is 1850 g/mol. The van der Waals surface area contributed by atoms with Crippen LogP contribution in [0, 0.1) is 42.4 Å². The predicted octanol–water partition coefficient (Wildman–Crippen LogP) is 12.5. The Kier molecular flexibility index (Phi) is 26.9. The van der Waals surface area contributed by atoms with Gasteiger partial charge in [-0.2, -0.15) is 19.9 Å². The number of anilines is 8. The van der Waals surface area contributed by atoms with Crippen molar-refractivity contribution in [3.63, 3.8) is 0 Å². The molecule has 0 spiro atoms. The summed E-state index contributed by atoms with van der Waals surface area (Å²) < 4.78 is 165. The fourth-order valence-electron chi connectivity index (χ4n) is 14.7. The van der Waals surface area contributed by atoms with Crippen molar-refractivity contribution >= 4 is 130 Å². The van der Waals surface area contributed by atoms with Crippen molar-refractivity contribution < 1.29 is 53.3 Å².